The summed E-state index contributed by atoms with van der Waals surface area (Å²) in [5.74, 6) is -0.615. The number of rotatable bonds is 6. The van der Waals surface area contributed by atoms with Crippen molar-refractivity contribution in [3.8, 4) is 0 Å². The van der Waals surface area contributed by atoms with Gasteiger partial charge in [0, 0.05) is 39.7 Å². The number of aliphatic imine (C=N–C) groups is 2. The SMILES string of the molecule is COC1CC(C2CC(C)C3C(=O)N(C4C=NN(CC(F)(F)F)C4)[C@H](OC)C3=N2)C=NC1OC. The van der Waals surface area contributed by atoms with Crippen LogP contribution < -0.4 is 0 Å². The van der Waals surface area contributed by atoms with Crippen molar-refractivity contribution in [2.24, 2.45) is 32.8 Å². The van der Waals surface area contributed by atoms with Gasteiger partial charge in [0.1, 0.15) is 12.6 Å². The van der Waals surface area contributed by atoms with Crippen molar-refractivity contribution in [1.29, 1.82) is 0 Å². The smallest absolute Gasteiger partial charge is 0.377 e. The molecule has 0 spiro atoms. The molecule has 0 N–H and O–H groups in total. The van der Waals surface area contributed by atoms with Gasteiger partial charge in [0.2, 0.25) is 5.91 Å². The molecule has 0 aliphatic carbocycles. The van der Waals surface area contributed by atoms with Crippen molar-refractivity contribution < 1.29 is 32.2 Å². The minimum Gasteiger partial charge on any atom is -0.377 e. The van der Waals surface area contributed by atoms with Crippen molar-refractivity contribution in [3.63, 3.8) is 0 Å². The predicted octanol–water partition coefficient (Wildman–Crippen LogP) is 1.58. The first-order chi connectivity index (χ1) is 15.7. The molecule has 0 aromatic carbocycles. The van der Waals surface area contributed by atoms with E-state index in [4.69, 9.17) is 19.2 Å². The summed E-state index contributed by atoms with van der Waals surface area (Å²) in [4.78, 5) is 24.3. The summed E-state index contributed by atoms with van der Waals surface area (Å²) >= 11 is 0. The summed E-state index contributed by atoms with van der Waals surface area (Å²) in [6.45, 7) is 0.809. The fourth-order valence-electron chi connectivity index (χ4n) is 5.35. The van der Waals surface area contributed by atoms with Gasteiger partial charge < -0.3 is 19.1 Å². The van der Waals surface area contributed by atoms with Crippen LogP contribution in [0.25, 0.3) is 0 Å². The molecule has 0 aromatic heterocycles. The molecular weight excluding hydrogens is 443 g/mol. The Hall–Kier alpha value is -2.05. The van der Waals surface area contributed by atoms with E-state index in [1.807, 2.05) is 13.1 Å². The Morgan fingerprint density at radius 1 is 1.12 bits per heavy atom. The number of carbonyl (C=O) groups excluding carboxylic acids is 1. The van der Waals surface area contributed by atoms with E-state index in [9.17, 15) is 18.0 Å². The maximum absolute atomic E-state index is 13.4. The van der Waals surface area contributed by atoms with E-state index in [1.54, 1.807) is 14.2 Å². The Morgan fingerprint density at radius 2 is 1.88 bits per heavy atom. The normalized spacial score (nSPS) is 38.8. The highest BCUT2D eigenvalue weighted by atomic mass is 19.4. The number of hydrazone groups is 1. The summed E-state index contributed by atoms with van der Waals surface area (Å²) in [7, 11) is 4.70. The van der Waals surface area contributed by atoms with E-state index >= 15 is 0 Å². The van der Waals surface area contributed by atoms with Crippen LogP contribution in [0.3, 0.4) is 0 Å². The van der Waals surface area contributed by atoms with Gasteiger partial charge in [-0.25, -0.2) is 0 Å². The van der Waals surface area contributed by atoms with Crippen LogP contribution in [-0.4, -0.2) is 105 Å². The molecule has 0 bridgehead atoms. The van der Waals surface area contributed by atoms with Crippen molar-refractivity contribution in [3.05, 3.63) is 0 Å². The third-order valence-corrected chi connectivity index (χ3v) is 6.87. The van der Waals surface area contributed by atoms with Gasteiger partial charge >= 0.3 is 6.18 Å². The number of amides is 1. The van der Waals surface area contributed by atoms with Crippen LogP contribution in [0.1, 0.15) is 19.8 Å². The lowest BCUT2D eigenvalue weighted by Gasteiger charge is -2.36. The molecule has 9 nitrogen and oxygen atoms in total. The Bertz CT molecular complexity index is 835. The number of nitrogens with zero attached hydrogens (tertiary/aromatic N) is 5. The molecule has 4 heterocycles. The number of hydrogen-bond donors (Lipinski definition) is 0. The van der Waals surface area contributed by atoms with E-state index in [0.717, 1.165) is 5.01 Å². The molecule has 8 atom stereocenters. The van der Waals surface area contributed by atoms with E-state index in [1.165, 1.54) is 18.2 Å². The number of hydrogen-bond acceptors (Lipinski definition) is 8. The predicted molar refractivity (Wildman–Crippen MR) is 114 cm³/mol. The Labute approximate surface area is 190 Å². The van der Waals surface area contributed by atoms with Gasteiger partial charge in [-0.05, 0) is 18.8 Å². The van der Waals surface area contributed by atoms with E-state index < -0.39 is 30.9 Å². The molecule has 4 aliphatic rings. The van der Waals surface area contributed by atoms with Crippen LogP contribution >= 0.6 is 0 Å². The Balaban J connectivity index is 1.55. The Morgan fingerprint density at radius 3 is 2.52 bits per heavy atom. The molecule has 1 fully saturated rings. The first kappa shape index (κ1) is 24.1. The average molecular weight is 473 g/mol. The quantitative estimate of drug-likeness (QED) is 0.585. The largest absolute Gasteiger partial charge is 0.407 e. The fraction of sp³-hybridized carbons (Fsp3) is 0.810. The summed E-state index contributed by atoms with van der Waals surface area (Å²) < 4.78 is 54.9. The maximum Gasteiger partial charge on any atom is 0.407 e. The minimum atomic E-state index is -4.37. The van der Waals surface area contributed by atoms with Crippen LogP contribution in [0.2, 0.25) is 0 Å². The zero-order chi connectivity index (χ0) is 23.9. The molecule has 4 rings (SSSR count). The van der Waals surface area contributed by atoms with Gasteiger partial charge in [-0.3, -0.25) is 19.8 Å². The van der Waals surface area contributed by atoms with Crippen LogP contribution in [0.4, 0.5) is 13.2 Å². The van der Waals surface area contributed by atoms with Crippen molar-refractivity contribution in [2.45, 2.75) is 56.6 Å². The van der Waals surface area contributed by atoms with Crippen molar-refractivity contribution in [1.82, 2.24) is 9.91 Å². The molecule has 0 aromatic rings. The molecule has 7 unspecified atom stereocenters. The number of alkyl halides is 3. The minimum absolute atomic E-state index is 0.00295. The summed E-state index contributed by atoms with van der Waals surface area (Å²) in [5.41, 5.74) is 0.630. The molecule has 12 heteroatoms. The van der Waals surface area contributed by atoms with Crippen molar-refractivity contribution >= 4 is 24.0 Å². The zero-order valence-electron chi connectivity index (χ0n) is 19.1. The maximum atomic E-state index is 13.4. The second-order valence-corrected chi connectivity index (χ2v) is 9.04. The molecular formula is C21H30F3N5O4. The van der Waals surface area contributed by atoms with E-state index in [0.29, 0.717) is 18.6 Å². The summed E-state index contributed by atoms with van der Waals surface area (Å²) in [6.07, 6.45) is -1.02. The number of methoxy groups -OCH3 is 3. The van der Waals surface area contributed by atoms with Gasteiger partial charge in [0.25, 0.3) is 0 Å². The van der Waals surface area contributed by atoms with Crippen LogP contribution in [-0.2, 0) is 19.0 Å². The lowest BCUT2D eigenvalue weighted by atomic mass is 9.78. The lowest BCUT2D eigenvalue weighted by molar-refractivity contribution is -0.147. The highest BCUT2D eigenvalue weighted by molar-refractivity contribution is 6.14. The van der Waals surface area contributed by atoms with Gasteiger partial charge in [-0.1, -0.05) is 6.92 Å². The van der Waals surface area contributed by atoms with Gasteiger partial charge in [0.15, 0.2) is 12.5 Å². The van der Waals surface area contributed by atoms with Gasteiger partial charge in [0.05, 0.1) is 30.3 Å². The molecule has 4 aliphatic heterocycles. The number of likely N-dealkylation sites (tertiary alicyclic amines) is 1. The number of fused-ring (bicyclic) bond motifs is 1. The highest BCUT2D eigenvalue weighted by Crippen LogP contribution is 2.40. The van der Waals surface area contributed by atoms with E-state index in [-0.39, 0.29) is 42.7 Å². The first-order valence-electron chi connectivity index (χ1n) is 11.0. The summed E-state index contributed by atoms with van der Waals surface area (Å²) in [5, 5.41) is 4.79. The molecule has 1 saturated heterocycles. The first-order valence-corrected chi connectivity index (χ1v) is 11.0. The molecule has 0 radical (unpaired) electrons. The number of carbonyl (C=O) groups is 1. The molecule has 33 heavy (non-hydrogen) atoms. The van der Waals surface area contributed by atoms with Gasteiger partial charge in [-0.15, -0.1) is 0 Å². The highest BCUT2D eigenvalue weighted by Gasteiger charge is 2.54. The fourth-order valence-corrected chi connectivity index (χ4v) is 5.35. The summed E-state index contributed by atoms with van der Waals surface area (Å²) in [6, 6.07) is -0.713. The zero-order valence-corrected chi connectivity index (χ0v) is 19.1. The second kappa shape index (κ2) is 9.30. The lowest BCUT2D eigenvalue weighted by Crippen LogP contribution is -2.48. The van der Waals surface area contributed by atoms with Crippen LogP contribution in [0.15, 0.2) is 15.1 Å². The van der Waals surface area contributed by atoms with Crippen LogP contribution in [0, 0.1) is 17.8 Å². The van der Waals surface area contributed by atoms with Crippen molar-refractivity contribution in [2.75, 3.05) is 34.4 Å². The standard InChI is InChI=1S/C21H30F3N5O4/c1-11-5-14(12-6-15(31-2)18(32-3)25-7-12)27-17-16(11)19(30)29(20(17)33-4)13-8-26-28(9-13)10-21(22,23)24/h7-8,11-16,18,20H,5-6,9-10H2,1-4H3/t11?,12?,13?,14?,15?,16?,18?,20-/m1/s1. The van der Waals surface area contributed by atoms with Crippen LogP contribution in [0.5, 0.6) is 0 Å². The third kappa shape index (κ3) is 4.65. The monoisotopic (exact) mass is 473 g/mol. The van der Waals surface area contributed by atoms with E-state index in [2.05, 4.69) is 10.1 Å². The number of halogens is 3. The third-order valence-electron chi connectivity index (χ3n) is 6.87. The molecule has 1 amide bonds. The molecule has 0 saturated carbocycles. The topological polar surface area (TPSA) is 88.3 Å². The Kier molecular flexibility index (Phi) is 6.79. The second-order valence-electron chi connectivity index (χ2n) is 9.04. The average Bonchev–Trinajstić information content (AvgIpc) is 3.33. The molecule has 184 valence electrons. The number of ether oxygens (including phenoxy) is 3. The van der Waals surface area contributed by atoms with Gasteiger partial charge in [-0.2, -0.15) is 18.3 Å².